The van der Waals surface area contributed by atoms with Gasteiger partial charge >= 0.3 is 0 Å². The van der Waals surface area contributed by atoms with Gasteiger partial charge < -0.3 is 24.7 Å². The molecule has 188 valence electrons. The van der Waals surface area contributed by atoms with E-state index >= 15 is 0 Å². The number of anilines is 2. The van der Waals surface area contributed by atoms with Crippen LogP contribution < -0.4 is 15.4 Å². The number of nitrogens with one attached hydrogen (secondary N) is 2. The summed E-state index contributed by atoms with van der Waals surface area (Å²) in [5.74, 6) is -0.633. The van der Waals surface area contributed by atoms with Gasteiger partial charge in [0.15, 0.2) is 6.29 Å². The minimum Gasteiger partial charge on any atom is -0.496 e. The molecule has 4 aromatic rings. The first-order valence-corrected chi connectivity index (χ1v) is 11.1. The van der Waals surface area contributed by atoms with Crippen LogP contribution in [0.5, 0.6) is 5.75 Å². The van der Waals surface area contributed by atoms with Crippen LogP contribution >= 0.6 is 0 Å². The van der Waals surface area contributed by atoms with Crippen LogP contribution in [0.2, 0.25) is 0 Å². The second-order valence-electron chi connectivity index (χ2n) is 7.98. The molecule has 0 spiro atoms. The van der Waals surface area contributed by atoms with Crippen LogP contribution in [0, 0.1) is 17.1 Å². The summed E-state index contributed by atoms with van der Waals surface area (Å²) >= 11 is 0. The van der Waals surface area contributed by atoms with Gasteiger partial charge in [0.1, 0.15) is 34.7 Å². The van der Waals surface area contributed by atoms with Gasteiger partial charge in [0, 0.05) is 44.7 Å². The van der Waals surface area contributed by atoms with E-state index in [0.717, 1.165) is 0 Å². The Bertz CT molecular complexity index is 1540. The van der Waals surface area contributed by atoms with Gasteiger partial charge in [0.25, 0.3) is 5.91 Å². The molecule has 3 aromatic heterocycles. The van der Waals surface area contributed by atoms with Crippen molar-refractivity contribution in [1.29, 1.82) is 5.26 Å². The van der Waals surface area contributed by atoms with Crippen molar-refractivity contribution in [2.45, 2.75) is 0 Å². The Morgan fingerprint density at radius 3 is 2.81 bits per heavy atom. The topological polar surface area (TPSA) is 131 Å². The van der Waals surface area contributed by atoms with Gasteiger partial charge in [-0.1, -0.05) is 6.07 Å². The highest BCUT2D eigenvalue weighted by Crippen LogP contribution is 2.36. The van der Waals surface area contributed by atoms with E-state index in [1.807, 2.05) is 6.07 Å². The van der Waals surface area contributed by atoms with Crippen molar-refractivity contribution < 1.29 is 23.5 Å². The zero-order chi connectivity index (χ0) is 26.5. The van der Waals surface area contributed by atoms with Crippen LogP contribution in [0.4, 0.5) is 15.9 Å². The van der Waals surface area contributed by atoms with E-state index < -0.39 is 11.7 Å². The van der Waals surface area contributed by atoms with E-state index in [2.05, 4.69) is 20.6 Å². The Hall–Kier alpha value is -4.82. The molecule has 0 aliphatic heterocycles. The fourth-order valence-corrected chi connectivity index (χ4v) is 3.93. The number of hydrogen-bond acceptors (Lipinski definition) is 8. The maximum Gasteiger partial charge on any atom is 0.260 e. The second-order valence-corrected chi connectivity index (χ2v) is 7.98. The van der Waals surface area contributed by atoms with E-state index in [-0.39, 0.29) is 39.5 Å². The third-order valence-corrected chi connectivity index (χ3v) is 5.70. The van der Waals surface area contributed by atoms with Crippen LogP contribution in [-0.4, -0.2) is 54.1 Å². The second kappa shape index (κ2) is 10.8. The largest absolute Gasteiger partial charge is 0.496 e. The van der Waals surface area contributed by atoms with Crippen molar-refractivity contribution >= 4 is 34.7 Å². The smallest absolute Gasteiger partial charge is 0.260 e. The molecule has 0 radical (unpaired) electrons. The summed E-state index contributed by atoms with van der Waals surface area (Å²) < 4.78 is 26.7. The fraction of sp³-hybridized carbons (Fsp3) is 0.192. The fourth-order valence-electron chi connectivity index (χ4n) is 3.93. The lowest BCUT2D eigenvalue weighted by molar-refractivity contribution is 0.102. The third-order valence-electron chi connectivity index (χ3n) is 5.70. The zero-order valence-corrected chi connectivity index (χ0v) is 20.3. The first kappa shape index (κ1) is 25.3. The van der Waals surface area contributed by atoms with Gasteiger partial charge in [-0.05, 0) is 18.2 Å². The van der Waals surface area contributed by atoms with Crippen LogP contribution in [0.3, 0.4) is 0 Å². The number of halogens is 1. The highest BCUT2D eigenvalue weighted by molar-refractivity contribution is 6.12. The number of fused-ring (bicyclic) bond motifs is 1. The van der Waals surface area contributed by atoms with Crippen molar-refractivity contribution in [3.8, 4) is 22.9 Å². The number of benzene rings is 1. The Labute approximate surface area is 211 Å². The van der Waals surface area contributed by atoms with E-state index in [1.165, 1.54) is 25.4 Å². The number of aromatic nitrogens is 3. The highest BCUT2D eigenvalue weighted by Gasteiger charge is 2.22. The number of aryl methyl sites for hydroxylation is 1. The number of hydrogen-bond donors (Lipinski definition) is 2. The van der Waals surface area contributed by atoms with E-state index in [4.69, 9.17) is 9.47 Å². The molecule has 0 fully saturated rings. The average Bonchev–Trinajstić information content (AvgIpc) is 3.23. The number of rotatable bonds is 9. The molecule has 0 unspecified atom stereocenters. The Balaban J connectivity index is 1.73. The summed E-state index contributed by atoms with van der Waals surface area (Å²) in [6.07, 6.45) is 3.42. The van der Waals surface area contributed by atoms with Gasteiger partial charge in [-0.2, -0.15) is 5.26 Å². The molecule has 0 aliphatic carbocycles. The number of carbonyl (C=O) groups is 2. The van der Waals surface area contributed by atoms with Gasteiger partial charge in [0.2, 0.25) is 0 Å². The molecular formula is C26H23FN6O4. The number of pyridine rings is 2. The molecule has 2 N–H and O–H groups in total. The van der Waals surface area contributed by atoms with Crippen molar-refractivity contribution in [3.63, 3.8) is 0 Å². The van der Waals surface area contributed by atoms with Crippen LogP contribution in [0.25, 0.3) is 22.2 Å². The molecule has 0 atom stereocenters. The highest BCUT2D eigenvalue weighted by atomic mass is 19.1. The Kier molecular flexibility index (Phi) is 7.41. The first-order chi connectivity index (χ1) is 17.9. The summed E-state index contributed by atoms with van der Waals surface area (Å²) in [6.45, 7) is 0.885. The summed E-state index contributed by atoms with van der Waals surface area (Å²) in [5, 5.41) is 15.1. The third kappa shape index (κ3) is 4.96. The minimum atomic E-state index is -0.572. The van der Waals surface area contributed by atoms with Gasteiger partial charge in [0.05, 0.1) is 41.6 Å². The number of aldehydes is 1. The molecule has 11 heteroatoms. The van der Waals surface area contributed by atoms with Crippen LogP contribution in [-0.2, 0) is 11.8 Å². The molecule has 4 rings (SSSR count). The van der Waals surface area contributed by atoms with Crippen molar-refractivity contribution in [2.75, 3.05) is 38.0 Å². The predicted molar refractivity (Wildman–Crippen MR) is 135 cm³/mol. The monoisotopic (exact) mass is 502 g/mol. The standard InChI is InChI=1S/C26H23FN6O4/c1-33-13-17(26(35)32-23-10-19(29-7-8-36-2)15(11-28)12-30-23)25-21(33)9-16(20(14-34)31-25)24-18(27)5-4-6-22(24)37-3/h4-6,9-10,12-14H,7-8H2,1-3H3,(H2,29,30,32,35). The Morgan fingerprint density at radius 2 is 2.11 bits per heavy atom. The lowest BCUT2D eigenvalue weighted by Crippen LogP contribution is -2.14. The Morgan fingerprint density at radius 1 is 1.30 bits per heavy atom. The van der Waals surface area contributed by atoms with Crippen molar-refractivity contribution in [1.82, 2.24) is 14.5 Å². The maximum absolute atomic E-state index is 14.8. The van der Waals surface area contributed by atoms with Crippen LogP contribution in [0.15, 0.2) is 42.7 Å². The maximum atomic E-state index is 14.8. The normalized spacial score (nSPS) is 10.7. The molecule has 1 aromatic carbocycles. The first-order valence-electron chi connectivity index (χ1n) is 11.1. The number of carbonyl (C=O) groups excluding carboxylic acids is 2. The summed E-state index contributed by atoms with van der Waals surface area (Å²) in [4.78, 5) is 33.7. The van der Waals surface area contributed by atoms with Gasteiger partial charge in [-0.15, -0.1) is 0 Å². The number of ether oxygens (including phenoxy) is 2. The van der Waals surface area contributed by atoms with E-state index in [1.54, 1.807) is 43.1 Å². The minimum absolute atomic E-state index is 0.0442. The molecule has 37 heavy (non-hydrogen) atoms. The van der Waals surface area contributed by atoms with Gasteiger partial charge in [-0.3, -0.25) is 9.59 Å². The summed E-state index contributed by atoms with van der Waals surface area (Å²) in [6, 6.07) is 9.55. The summed E-state index contributed by atoms with van der Waals surface area (Å²) in [5.41, 5.74) is 2.05. The molecular weight excluding hydrogens is 479 g/mol. The average molecular weight is 503 g/mol. The quantitative estimate of drug-likeness (QED) is 0.261. The number of amides is 1. The van der Waals surface area contributed by atoms with Crippen molar-refractivity contribution in [3.05, 3.63) is 65.4 Å². The van der Waals surface area contributed by atoms with Gasteiger partial charge in [-0.25, -0.2) is 14.4 Å². The molecule has 3 heterocycles. The molecule has 10 nitrogen and oxygen atoms in total. The molecule has 0 bridgehead atoms. The summed E-state index contributed by atoms with van der Waals surface area (Å²) in [7, 11) is 4.68. The van der Waals surface area contributed by atoms with E-state index in [9.17, 15) is 19.2 Å². The lowest BCUT2D eigenvalue weighted by atomic mass is 10.0. The van der Waals surface area contributed by atoms with Crippen LogP contribution in [0.1, 0.15) is 26.4 Å². The molecule has 1 amide bonds. The number of methoxy groups -OCH3 is 2. The van der Waals surface area contributed by atoms with Crippen molar-refractivity contribution in [2.24, 2.45) is 7.05 Å². The lowest BCUT2D eigenvalue weighted by Gasteiger charge is -2.12. The molecule has 0 saturated carbocycles. The molecule has 0 aliphatic rings. The predicted octanol–water partition coefficient (Wildman–Crippen LogP) is 3.78. The SMILES string of the molecule is COCCNc1cc(NC(=O)c2cn(C)c3cc(-c4c(F)cccc4OC)c(C=O)nc23)ncc1C#N. The number of nitrogens with zero attached hydrogens (tertiary/aromatic N) is 4. The number of nitriles is 1. The zero-order valence-electron chi connectivity index (χ0n) is 20.3. The van der Waals surface area contributed by atoms with E-state index in [0.29, 0.717) is 36.2 Å². The molecule has 0 saturated heterocycles.